The van der Waals surface area contributed by atoms with Crippen LogP contribution in [0.3, 0.4) is 0 Å². The molecule has 0 atom stereocenters. The molecule has 8 heteroatoms. The Kier molecular flexibility index (Phi) is 3.72. The average Bonchev–Trinajstić information content (AvgIpc) is 2.76. The second kappa shape index (κ2) is 5.73. The number of fused-ring (bicyclic) bond motifs is 1. The number of carbonyl (C=O) groups is 3. The molecule has 122 valence electrons. The number of aromatic amines is 1. The van der Waals surface area contributed by atoms with E-state index in [9.17, 15) is 19.2 Å². The highest BCUT2D eigenvalue weighted by atomic mass is 16.4. The molecule has 8 nitrogen and oxygen atoms in total. The highest BCUT2D eigenvalue weighted by molar-refractivity contribution is 6.21. The molecule has 1 aliphatic heterocycles. The monoisotopic (exact) mass is 327 g/mol. The van der Waals surface area contributed by atoms with E-state index in [-0.39, 0.29) is 23.6 Å². The van der Waals surface area contributed by atoms with E-state index in [4.69, 9.17) is 5.11 Å². The summed E-state index contributed by atoms with van der Waals surface area (Å²) in [5.41, 5.74) is 0.339. The number of rotatable bonds is 4. The van der Waals surface area contributed by atoms with Gasteiger partial charge in [0.1, 0.15) is 5.82 Å². The molecule has 1 aromatic heterocycles. The number of nitrogens with zero attached hydrogens (tertiary/aromatic N) is 2. The lowest BCUT2D eigenvalue weighted by Gasteiger charge is -2.14. The van der Waals surface area contributed by atoms with Gasteiger partial charge in [0.2, 0.25) is 0 Å². The van der Waals surface area contributed by atoms with Gasteiger partial charge in [-0.1, -0.05) is 12.1 Å². The predicted octanol–water partition coefficient (Wildman–Crippen LogP) is 0.502. The van der Waals surface area contributed by atoms with Crippen molar-refractivity contribution in [2.75, 3.05) is 0 Å². The quantitative estimate of drug-likeness (QED) is 0.789. The van der Waals surface area contributed by atoms with Crippen LogP contribution in [0.15, 0.2) is 29.1 Å². The van der Waals surface area contributed by atoms with Crippen molar-refractivity contribution >= 4 is 17.8 Å². The largest absolute Gasteiger partial charge is 0.481 e. The van der Waals surface area contributed by atoms with E-state index in [0.29, 0.717) is 11.1 Å². The van der Waals surface area contributed by atoms with Crippen molar-refractivity contribution in [3.05, 3.63) is 62.8 Å². The second-order valence-electron chi connectivity index (χ2n) is 5.39. The SMILES string of the molecule is Cc1nc(CN2C(=O)c3ccccc3C2=O)[nH]c(=O)c1CC(=O)O. The fourth-order valence-electron chi connectivity index (χ4n) is 2.64. The zero-order valence-corrected chi connectivity index (χ0v) is 12.7. The molecule has 2 aromatic rings. The molecule has 1 aromatic carbocycles. The van der Waals surface area contributed by atoms with Gasteiger partial charge in [-0.2, -0.15) is 0 Å². The van der Waals surface area contributed by atoms with E-state index >= 15 is 0 Å². The summed E-state index contributed by atoms with van der Waals surface area (Å²) in [6.45, 7) is 1.33. The van der Waals surface area contributed by atoms with Crippen LogP contribution < -0.4 is 5.56 Å². The van der Waals surface area contributed by atoms with Crippen molar-refractivity contribution in [3.8, 4) is 0 Å². The van der Waals surface area contributed by atoms with Crippen LogP contribution >= 0.6 is 0 Å². The summed E-state index contributed by atoms with van der Waals surface area (Å²) in [4.78, 5) is 54.9. The third-order valence-electron chi connectivity index (χ3n) is 3.79. The average molecular weight is 327 g/mol. The number of carbonyl (C=O) groups excluding carboxylic acids is 2. The lowest BCUT2D eigenvalue weighted by atomic mass is 10.1. The molecule has 0 radical (unpaired) electrons. The summed E-state index contributed by atoms with van der Waals surface area (Å²) in [5, 5.41) is 8.81. The lowest BCUT2D eigenvalue weighted by molar-refractivity contribution is -0.136. The van der Waals surface area contributed by atoms with E-state index in [1.54, 1.807) is 24.3 Å². The van der Waals surface area contributed by atoms with Gasteiger partial charge in [0.05, 0.1) is 24.1 Å². The Hall–Kier alpha value is -3.29. The topological polar surface area (TPSA) is 120 Å². The number of aryl methyl sites for hydroxylation is 1. The number of benzene rings is 1. The normalized spacial score (nSPS) is 13.3. The minimum atomic E-state index is -1.14. The third-order valence-corrected chi connectivity index (χ3v) is 3.79. The molecule has 0 bridgehead atoms. The van der Waals surface area contributed by atoms with Crippen molar-refractivity contribution in [1.82, 2.24) is 14.9 Å². The van der Waals surface area contributed by atoms with Crippen LogP contribution in [0.2, 0.25) is 0 Å². The highest BCUT2D eigenvalue weighted by Gasteiger charge is 2.35. The van der Waals surface area contributed by atoms with Gasteiger partial charge in [-0.05, 0) is 19.1 Å². The molecule has 0 fully saturated rings. The molecule has 0 saturated heterocycles. The second-order valence-corrected chi connectivity index (χ2v) is 5.39. The Morgan fingerprint density at radius 3 is 2.25 bits per heavy atom. The maximum Gasteiger partial charge on any atom is 0.308 e. The minimum Gasteiger partial charge on any atom is -0.481 e. The molecule has 0 spiro atoms. The first-order valence-electron chi connectivity index (χ1n) is 7.14. The van der Waals surface area contributed by atoms with Crippen LogP contribution in [-0.4, -0.2) is 37.8 Å². The van der Waals surface area contributed by atoms with Crippen molar-refractivity contribution in [2.24, 2.45) is 0 Å². The van der Waals surface area contributed by atoms with Gasteiger partial charge in [0.25, 0.3) is 17.4 Å². The van der Waals surface area contributed by atoms with Gasteiger partial charge in [0, 0.05) is 11.3 Å². The smallest absolute Gasteiger partial charge is 0.308 e. The number of amides is 2. The number of aromatic nitrogens is 2. The first kappa shape index (κ1) is 15.6. The Labute approximate surface area is 135 Å². The van der Waals surface area contributed by atoms with Gasteiger partial charge in [-0.15, -0.1) is 0 Å². The molecule has 0 saturated carbocycles. The van der Waals surface area contributed by atoms with Crippen molar-refractivity contribution < 1.29 is 19.5 Å². The van der Waals surface area contributed by atoms with Crippen LogP contribution in [0, 0.1) is 6.92 Å². The van der Waals surface area contributed by atoms with Crippen LogP contribution in [0.4, 0.5) is 0 Å². The fourth-order valence-corrected chi connectivity index (χ4v) is 2.64. The zero-order chi connectivity index (χ0) is 17.4. The summed E-state index contributed by atoms with van der Waals surface area (Å²) in [5.74, 6) is -1.92. The van der Waals surface area contributed by atoms with Crippen LogP contribution in [0.1, 0.15) is 37.8 Å². The fraction of sp³-hybridized carbons (Fsp3) is 0.188. The number of hydrogen-bond donors (Lipinski definition) is 2. The summed E-state index contributed by atoms with van der Waals surface area (Å²) in [7, 11) is 0. The molecule has 2 N–H and O–H groups in total. The van der Waals surface area contributed by atoms with Crippen LogP contribution in [0.5, 0.6) is 0 Å². The Morgan fingerprint density at radius 1 is 1.17 bits per heavy atom. The number of H-pyrrole nitrogens is 1. The highest BCUT2D eigenvalue weighted by Crippen LogP contribution is 2.23. The number of nitrogens with one attached hydrogen (secondary N) is 1. The molecule has 0 aliphatic carbocycles. The first-order chi connectivity index (χ1) is 11.4. The van der Waals surface area contributed by atoms with Gasteiger partial charge in [-0.3, -0.25) is 24.1 Å². The van der Waals surface area contributed by atoms with Gasteiger partial charge in [-0.25, -0.2) is 4.98 Å². The first-order valence-corrected chi connectivity index (χ1v) is 7.14. The molecular formula is C16H13N3O5. The molecule has 2 heterocycles. The summed E-state index contributed by atoms with van der Waals surface area (Å²) in [6.07, 6.45) is -0.443. The molecule has 24 heavy (non-hydrogen) atoms. The minimum absolute atomic E-state index is 0.0496. The molecule has 1 aliphatic rings. The van der Waals surface area contributed by atoms with Crippen LogP contribution in [-0.2, 0) is 17.8 Å². The van der Waals surface area contributed by atoms with Gasteiger partial charge < -0.3 is 10.1 Å². The standard InChI is InChI=1S/C16H13N3O5/c1-8-11(6-13(20)21)14(22)18-12(17-8)7-19-15(23)9-4-2-3-5-10(9)16(19)24/h2-5H,6-7H2,1H3,(H,20,21)(H,17,18,22). The summed E-state index contributed by atoms with van der Waals surface area (Å²) in [6, 6.07) is 6.46. The van der Waals surface area contributed by atoms with Crippen molar-refractivity contribution in [1.29, 1.82) is 0 Å². The number of carboxylic acids is 1. The maximum atomic E-state index is 12.3. The third kappa shape index (κ3) is 2.58. The van der Waals surface area contributed by atoms with Gasteiger partial charge in [0.15, 0.2) is 0 Å². The molecule has 2 amide bonds. The van der Waals surface area contributed by atoms with E-state index < -0.39 is 29.8 Å². The van der Waals surface area contributed by atoms with E-state index in [0.717, 1.165) is 4.90 Å². The van der Waals surface area contributed by atoms with Crippen molar-refractivity contribution in [3.63, 3.8) is 0 Å². The number of aliphatic carboxylic acids is 1. The maximum absolute atomic E-state index is 12.3. The summed E-state index contributed by atoms with van der Waals surface area (Å²) < 4.78 is 0. The Balaban J connectivity index is 1.91. The van der Waals surface area contributed by atoms with Crippen LogP contribution in [0.25, 0.3) is 0 Å². The van der Waals surface area contributed by atoms with E-state index in [1.165, 1.54) is 6.92 Å². The Bertz CT molecular complexity index is 897. The zero-order valence-electron chi connectivity index (χ0n) is 12.7. The number of imide groups is 1. The number of carboxylic acid groups (broad SMARTS) is 1. The van der Waals surface area contributed by atoms with Gasteiger partial charge >= 0.3 is 5.97 Å². The van der Waals surface area contributed by atoms with E-state index in [2.05, 4.69) is 9.97 Å². The predicted molar refractivity (Wildman–Crippen MR) is 81.6 cm³/mol. The number of hydrogen-bond acceptors (Lipinski definition) is 5. The Morgan fingerprint density at radius 2 is 1.75 bits per heavy atom. The molecule has 0 unspecified atom stereocenters. The summed E-state index contributed by atoms with van der Waals surface area (Å²) >= 11 is 0. The molecule has 3 rings (SSSR count). The lowest BCUT2D eigenvalue weighted by Crippen LogP contribution is -2.32. The molecular weight excluding hydrogens is 314 g/mol. The van der Waals surface area contributed by atoms with Crippen molar-refractivity contribution in [2.45, 2.75) is 19.9 Å². The van der Waals surface area contributed by atoms with E-state index in [1.807, 2.05) is 0 Å².